The van der Waals surface area contributed by atoms with Gasteiger partial charge in [-0.1, -0.05) is 32.9 Å². The maximum absolute atomic E-state index is 12.5. The SMILES string of the molecule is Cc1nn(C)c2ncc(NC(=O)C(C)Oc3cccc(C(C)(C)C)c3)cc12. The summed E-state index contributed by atoms with van der Waals surface area (Å²) in [4.78, 5) is 16.9. The topological polar surface area (TPSA) is 69.0 Å². The van der Waals surface area contributed by atoms with E-state index in [9.17, 15) is 4.79 Å². The van der Waals surface area contributed by atoms with Gasteiger partial charge in [-0.25, -0.2) is 4.98 Å². The van der Waals surface area contributed by atoms with E-state index in [1.165, 1.54) is 0 Å². The normalized spacial score (nSPS) is 12.8. The highest BCUT2D eigenvalue weighted by Crippen LogP contribution is 2.26. The maximum atomic E-state index is 12.5. The van der Waals surface area contributed by atoms with Crippen LogP contribution in [0, 0.1) is 6.92 Å². The first-order chi connectivity index (χ1) is 12.6. The molecule has 2 heterocycles. The van der Waals surface area contributed by atoms with Crippen LogP contribution in [0.15, 0.2) is 36.5 Å². The van der Waals surface area contributed by atoms with Crippen LogP contribution in [0.4, 0.5) is 5.69 Å². The van der Waals surface area contributed by atoms with Gasteiger partial charge in [-0.3, -0.25) is 9.48 Å². The summed E-state index contributed by atoms with van der Waals surface area (Å²) in [6.07, 6.45) is 1.000. The Morgan fingerprint density at radius 3 is 2.70 bits per heavy atom. The van der Waals surface area contributed by atoms with Crippen LogP contribution in [0.3, 0.4) is 0 Å². The molecule has 1 N–H and O–H groups in total. The minimum absolute atomic E-state index is 0.0214. The van der Waals surface area contributed by atoms with Crippen molar-refractivity contribution in [3.8, 4) is 5.75 Å². The van der Waals surface area contributed by atoms with Crippen molar-refractivity contribution in [3.63, 3.8) is 0 Å². The van der Waals surface area contributed by atoms with Gasteiger partial charge in [0.2, 0.25) is 0 Å². The first-order valence-electron chi connectivity index (χ1n) is 9.02. The van der Waals surface area contributed by atoms with E-state index in [0.29, 0.717) is 11.4 Å². The molecule has 0 saturated heterocycles. The number of hydrogen-bond donors (Lipinski definition) is 1. The van der Waals surface area contributed by atoms with Crippen LogP contribution in [0.1, 0.15) is 39.0 Å². The molecule has 6 heteroatoms. The van der Waals surface area contributed by atoms with E-state index in [1.807, 2.05) is 38.2 Å². The Hall–Kier alpha value is -2.89. The molecule has 142 valence electrons. The molecular weight excluding hydrogens is 340 g/mol. The Morgan fingerprint density at radius 2 is 2.00 bits per heavy atom. The van der Waals surface area contributed by atoms with Gasteiger partial charge in [0.25, 0.3) is 5.91 Å². The number of carbonyl (C=O) groups is 1. The van der Waals surface area contributed by atoms with Gasteiger partial charge in [0.15, 0.2) is 11.8 Å². The highest BCUT2D eigenvalue weighted by molar-refractivity contribution is 5.95. The van der Waals surface area contributed by atoms with E-state index in [0.717, 1.165) is 22.3 Å². The first-order valence-corrected chi connectivity index (χ1v) is 9.02. The molecule has 2 aromatic heterocycles. The van der Waals surface area contributed by atoms with Crippen molar-refractivity contribution in [2.75, 3.05) is 5.32 Å². The molecule has 1 atom stereocenters. The second-order valence-electron chi connectivity index (χ2n) is 7.83. The molecule has 0 spiro atoms. The van der Waals surface area contributed by atoms with Crippen LogP contribution in [0.5, 0.6) is 5.75 Å². The van der Waals surface area contributed by atoms with Gasteiger partial charge in [0, 0.05) is 12.4 Å². The fourth-order valence-electron chi connectivity index (χ4n) is 2.91. The van der Waals surface area contributed by atoms with Crippen LogP contribution < -0.4 is 10.1 Å². The number of fused-ring (bicyclic) bond motifs is 1. The number of pyridine rings is 1. The van der Waals surface area contributed by atoms with Gasteiger partial charge < -0.3 is 10.1 Å². The number of nitrogens with one attached hydrogen (secondary N) is 1. The Balaban J connectivity index is 1.72. The summed E-state index contributed by atoms with van der Waals surface area (Å²) in [5.74, 6) is 0.459. The molecular formula is C21H26N4O2. The Morgan fingerprint density at radius 1 is 1.26 bits per heavy atom. The third kappa shape index (κ3) is 4.10. The third-order valence-electron chi connectivity index (χ3n) is 4.51. The van der Waals surface area contributed by atoms with Gasteiger partial charge in [-0.15, -0.1) is 0 Å². The summed E-state index contributed by atoms with van der Waals surface area (Å²) in [5, 5.41) is 8.14. The van der Waals surface area contributed by atoms with Crippen LogP contribution >= 0.6 is 0 Å². The lowest BCUT2D eigenvalue weighted by atomic mass is 9.87. The number of nitrogens with zero attached hydrogens (tertiary/aromatic N) is 3. The molecule has 3 aromatic rings. The van der Waals surface area contributed by atoms with Gasteiger partial charge in [0.1, 0.15) is 5.75 Å². The number of hydrogen-bond acceptors (Lipinski definition) is 4. The zero-order valence-electron chi connectivity index (χ0n) is 16.7. The number of rotatable bonds is 4. The molecule has 3 rings (SSSR count). The Labute approximate surface area is 159 Å². The zero-order valence-corrected chi connectivity index (χ0v) is 16.7. The van der Waals surface area contributed by atoms with E-state index < -0.39 is 6.10 Å². The van der Waals surface area contributed by atoms with Gasteiger partial charge >= 0.3 is 0 Å². The summed E-state index contributed by atoms with van der Waals surface area (Å²) in [5.41, 5.74) is 3.47. The maximum Gasteiger partial charge on any atom is 0.265 e. The molecule has 1 amide bonds. The third-order valence-corrected chi connectivity index (χ3v) is 4.51. The monoisotopic (exact) mass is 366 g/mol. The number of aryl methyl sites for hydroxylation is 2. The predicted octanol–water partition coefficient (Wildman–Crippen LogP) is 3.98. The average Bonchev–Trinajstić information content (AvgIpc) is 2.88. The number of anilines is 1. The minimum Gasteiger partial charge on any atom is -0.481 e. The number of amides is 1. The summed E-state index contributed by atoms with van der Waals surface area (Å²) in [7, 11) is 1.85. The van der Waals surface area contributed by atoms with Crippen LogP contribution in [0.2, 0.25) is 0 Å². The van der Waals surface area contributed by atoms with Gasteiger partial charge in [-0.05, 0) is 43.0 Å². The summed E-state index contributed by atoms with van der Waals surface area (Å²) < 4.78 is 7.58. The van der Waals surface area contributed by atoms with Crippen molar-refractivity contribution < 1.29 is 9.53 Å². The molecule has 0 aliphatic heterocycles. The van der Waals surface area contributed by atoms with Crippen molar-refractivity contribution in [3.05, 3.63) is 47.8 Å². The highest BCUT2D eigenvalue weighted by Gasteiger charge is 2.18. The molecule has 6 nitrogen and oxygen atoms in total. The first kappa shape index (κ1) is 18.9. The Kier molecular flexibility index (Phi) is 4.91. The smallest absolute Gasteiger partial charge is 0.265 e. The highest BCUT2D eigenvalue weighted by atomic mass is 16.5. The summed E-state index contributed by atoms with van der Waals surface area (Å²) in [6, 6.07) is 9.75. The van der Waals surface area contributed by atoms with E-state index in [-0.39, 0.29) is 11.3 Å². The minimum atomic E-state index is -0.633. The number of aromatic nitrogens is 3. The lowest BCUT2D eigenvalue weighted by molar-refractivity contribution is -0.122. The fraction of sp³-hybridized carbons (Fsp3) is 0.381. The van der Waals surface area contributed by atoms with E-state index in [1.54, 1.807) is 17.8 Å². The number of carbonyl (C=O) groups excluding carboxylic acids is 1. The fourth-order valence-corrected chi connectivity index (χ4v) is 2.91. The van der Waals surface area contributed by atoms with Gasteiger partial charge in [0.05, 0.1) is 17.6 Å². The van der Waals surface area contributed by atoms with Gasteiger partial charge in [-0.2, -0.15) is 5.10 Å². The summed E-state index contributed by atoms with van der Waals surface area (Å²) >= 11 is 0. The molecule has 0 aliphatic rings. The van der Waals surface area contributed by atoms with E-state index in [2.05, 4.69) is 42.2 Å². The predicted molar refractivity (Wildman–Crippen MR) is 107 cm³/mol. The molecule has 0 radical (unpaired) electrons. The second kappa shape index (κ2) is 7.02. The van der Waals surface area contributed by atoms with E-state index in [4.69, 9.17) is 4.74 Å². The number of ether oxygens (including phenoxy) is 1. The quantitative estimate of drug-likeness (QED) is 0.758. The molecule has 0 fully saturated rings. The molecule has 0 saturated carbocycles. The molecule has 1 aromatic carbocycles. The molecule has 0 aliphatic carbocycles. The molecule has 27 heavy (non-hydrogen) atoms. The van der Waals surface area contributed by atoms with E-state index >= 15 is 0 Å². The standard InChI is InChI=1S/C21H26N4O2/c1-13-18-11-16(12-22-19(18)25(6)24-13)23-20(26)14(2)27-17-9-7-8-15(10-17)21(3,4)5/h7-12,14H,1-6H3,(H,23,26). The van der Waals surface area contributed by atoms with Crippen molar-refractivity contribution in [2.45, 2.75) is 46.1 Å². The molecule has 1 unspecified atom stereocenters. The van der Waals surface area contributed by atoms with Crippen LogP contribution in [-0.2, 0) is 17.3 Å². The summed E-state index contributed by atoms with van der Waals surface area (Å²) in [6.45, 7) is 10.1. The second-order valence-corrected chi connectivity index (χ2v) is 7.83. The van der Waals surface area contributed by atoms with Crippen molar-refractivity contribution >= 4 is 22.6 Å². The largest absolute Gasteiger partial charge is 0.481 e. The van der Waals surface area contributed by atoms with Crippen molar-refractivity contribution in [2.24, 2.45) is 7.05 Å². The lowest BCUT2D eigenvalue weighted by Crippen LogP contribution is -2.30. The average molecular weight is 366 g/mol. The zero-order chi connectivity index (χ0) is 19.8. The van der Waals surface area contributed by atoms with Crippen LogP contribution in [0.25, 0.3) is 11.0 Å². The Bertz CT molecular complexity index is 986. The van der Waals surface area contributed by atoms with Crippen molar-refractivity contribution in [1.82, 2.24) is 14.8 Å². The van der Waals surface area contributed by atoms with Crippen LogP contribution in [-0.4, -0.2) is 26.8 Å². The van der Waals surface area contributed by atoms with Crippen molar-refractivity contribution in [1.29, 1.82) is 0 Å². The molecule has 0 bridgehead atoms. The number of benzene rings is 1. The lowest BCUT2D eigenvalue weighted by Gasteiger charge is -2.21.